The van der Waals surface area contributed by atoms with E-state index in [4.69, 9.17) is 0 Å². The number of hydrogen-bond acceptors (Lipinski definition) is 4. The predicted molar refractivity (Wildman–Crippen MR) is 64.5 cm³/mol. The second-order valence-electron chi connectivity index (χ2n) is 4.22. The van der Waals surface area contributed by atoms with Gasteiger partial charge < -0.3 is 5.32 Å². The summed E-state index contributed by atoms with van der Waals surface area (Å²) in [5.41, 5.74) is 0. The number of unbranched alkanes of at least 4 members (excludes halogenated alkanes) is 2. The molecule has 0 unspecified atom stereocenters. The van der Waals surface area contributed by atoms with Gasteiger partial charge in [-0.2, -0.15) is 0 Å². The minimum absolute atomic E-state index is 0.108. The summed E-state index contributed by atoms with van der Waals surface area (Å²) in [5.74, 6) is 0.337. The lowest BCUT2D eigenvalue weighted by Crippen LogP contribution is -2.12. The smallest absolute Gasteiger partial charge is 0.229 e. The first-order valence-corrected chi connectivity index (χ1v) is 6.74. The summed E-state index contributed by atoms with van der Waals surface area (Å²) in [7, 11) is 0. The largest absolute Gasteiger partial charge is 0.300 e. The van der Waals surface area contributed by atoms with Crippen LogP contribution in [0.4, 0.5) is 5.13 Å². The lowest BCUT2D eigenvalue weighted by atomic mass is 10.2. The molecule has 1 fully saturated rings. The summed E-state index contributed by atoms with van der Waals surface area (Å²) in [6.07, 6.45) is 6.61. The molecule has 1 aliphatic rings. The van der Waals surface area contributed by atoms with Gasteiger partial charge in [0.1, 0.15) is 5.01 Å². The van der Waals surface area contributed by atoms with Crippen LogP contribution in [0.1, 0.15) is 44.0 Å². The molecule has 1 aromatic heterocycles. The van der Waals surface area contributed by atoms with Crippen LogP contribution in [0.15, 0.2) is 0 Å². The van der Waals surface area contributed by atoms with E-state index in [2.05, 4.69) is 22.4 Å². The standard InChI is InChI=1S/C11H17N3OS/c1-2-3-4-5-9-13-14-11(16-9)12-10(15)8-6-7-8/h8H,2-7H2,1H3,(H,12,14,15). The van der Waals surface area contributed by atoms with Crippen molar-refractivity contribution in [2.45, 2.75) is 45.4 Å². The highest BCUT2D eigenvalue weighted by Gasteiger charge is 2.30. The van der Waals surface area contributed by atoms with E-state index in [9.17, 15) is 4.79 Å². The molecule has 1 aliphatic carbocycles. The summed E-state index contributed by atoms with van der Waals surface area (Å²) in [6.45, 7) is 2.18. The zero-order chi connectivity index (χ0) is 11.4. The Balaban J connectivity index is 1.79. The molecule has 0 radical (unpaired) electrons. The Bertz CT molecular complexity index is 360. The van der Waals surface area contributed by atoms with Crippen LogP contribution in [-0.2, 0) is 11.2 Å². The summed E-state index contributed by atoms with van der Waals surface area (Å²) in [4.78, 5) is 11.5. The third-order valence-corrected chi connectivity index (χ3v) is 3.54. The Labute approximate surface area is 99.5 Å². The maximum absolute atomic E-state index is 11.5. The Hall–Kier alpha value is -0.970. The van der Waals surface area contributed by atoms with E-state index in [0.717, 1.165) is 30.7 Å². The van der Waals surface area contributed by atoms with Crippen molar-refractivity contribution in [1.29, 1.82) is 0 Å². The molecule has 0 spiro atoms. The Morgan fingerprint density at radius 1 is 1.44 bits per heavy atom. The molecule has 0 aliphatic heterocycles. The third-order valence-electron chi connectivity index (χ3n) is 2.64. The number of hydrogen-bond donors (Lipinski definition) is 1. The molecular weight excluding hydrogens is 222 g/mol. The van der Waals surface area contributed by atoms with Gasteiger partial charge in [0.15, 0.2) is 0 Å². The van der Waals surface area contributed by atoms with Crippen molar-refractivity contribution in [3.63, 3.8) is 0 Å². The fourth-order valence-corrected chi connectivity index (χ4v) is 2.27. The zero-order valence-corrected chi connectivity index (χ0v) is 10.3. The van der Waals surface area contributed by atoms with E-state index >= 15 is 0 Å². The minimum Gasteiger partial charge on any atom is -0.300 e. The molecule has 4 nitrogen and oxygen atoms in total. The summed E-state index contributed by atoms with van der Waals surface area (Å²) in [5, 5.41) is 12.6. The van der Waals surface area contributed by atoms with E-state index < -0.39 is 0 Å². The Kier molecular flexibility index (Phi) is 3.88. The number of nitrogens with zero attached hydrogens (tertiary/aromatic N) is 2. The van der Waals surface area contributed by atoms with Crippen molar-refractivity contribution in [1.82, 2.24) is 10.2 Å². The lowest BCUT2D eigenvalue weighted by Gasteiger charge is -1.96. The number of nitrogens with one attached hydrogen (secondary N) is 1. The first kappa shape index (κ1) is 11.5. The highest BCUT2D eigenvalue weighted by molar-refractivity contribution is 7.15. The zero-order valence-electron chi connectivity index (χ0n) is 9.53. The van der Waals surface area contributed by atoms with Gasteiger partial charge >= 0.3 is 0 Å². The highest BCUT2D eigenvalue weighted by atomic mass is 32.1. The molecular formula is C11H17N3OS. The maximum Gasteiger partial charge on any atom is 0.229 e. The molecule has 16 heavy (non-hydrogen) atoms. The molecule has 5 heteroatoms. The van der Waals surface area contributed by atoms with Crippen LogP contribution in [0, 0.1) is 5.92 Å². The van der Waals surface area contributed by atoms with Crippen LogP contribution in [0.3, 0.4) is 0 Å². The Morgan fingerprint density at radius 2 is 2.25 bits per heavy atom. The van der Waals surface area contributed by atoms with Crippen LogP contribution in [0.5, 0.6) is 0 Å². The molecule has 2 rings (SSSR count). The fraction of sp³-hybridized carbons (Fsp3) is 0.727. The molecule has 1 heterocycles. The van der Waals surface area contributed by atoms with E-state index in [1.165, 1.54) is 24.2 Å². The highest BCUT2D eigenvalue weighted by Crippen LogP contribution is 2.30. The van der Waals surface area contributed by atoms with Gasteiger partial charge in [-0.05, 0) is 19.3 Å². The van der Waals surface area contributed by atoms with Gasteiger partial charge in [-0.25, -0.2) is 0 Å². The van der Waals surface area contributed by atoms with Crippen LogP contribution < -0.4 is 5.32 Å². The molecule has 0 atom stereocenters. The second-order valence-corrected chi connectivity index (χ2v) is 5.28. The quantitative estimate of drug-likeness (QED) is 0.776. The van der Waals surface area contributed by atoms with E-state index in [0.29, 0.717) is 5.13 Å². The van der Waals surface area contributed by atoms with Gasteiger partial charge in [-0.15, -0.1) is 10.2 Å². The van der Waals surface area contributed by atoms with Gasteiger partial charge in [0.05, 0.1) is 0 Å². The van der Waals surface area contributed by atoms with Crippen LogP contribution in [0.2, 0.25) is 0 Å². The van der Waals surface area contributed by atoms with Gasteiger partial charge in [0.25, 0.3) is 0 Å². The second kappa shape index (κ2) is 5.39. The number of aromatic nitrogens is 2. The van der Waals surface area contributed by atoms with Crippen molar-refractivity contribution in [3.05, 3.63) is 5.01 Å². The molecule has 0 aromatic carbocycles. The average Bonchev–Trinajstić information content (AvgIpc) is 3.03. The molecule has 1 N–H and O–H groups in total. The van der Waals surface area contributed by atoms with Crippen molar-refractivity contribution < 1.29 is 4.79 Å². The van der Waals surface area contributed by atoms with E-state index in [1.807, 2.05) is 0 Å². The first-order chi connectivity index (χ1) is 7.79. The Morgan fingerprint density at radius 3 is 2.94 bits per heavy atom. The van der Waals surface area contributed by atoms with Crippen molar-refractivity contribution in [2.75, 3.05) is 5.32 Å². The predicted octanol–water partition coefficient (Wildman–Crippen LogP) is 2.62. The normalized spacial score (nSPS) is 15.1. The molecule has 0 bridgehead atoms. The number of carbonyl (C=O) groups excluding carboxylic acids is 1. The van der Waals surface area contributed by atoms with Crippen LogP contribution >= 0.6 is 11.3 Å². The maximum atomic E-state index is 11.5. The third kappa shape index (κ3) is 3.27. The van der Waals surface area contributed by atoms with Crippen LogP contribution in [0.25, 0.3) is 0 Å². The van der Waals surface area contributed by atoms with E-state index in [1.54, 1.807) is 0 Å². The van der Waals surface area contributed by atoms with Crippen molar-refractivity contribution in [2.24, 2.45) is 5.92 Å². The topological polar surface area (TPSA) is 54.9 Å². The monoisotopic (exact) mass is 239 g/mol. The summed E-state index contributed by atoms with van der Waals surface area (Å²) >= 11 is 1.50. The van der Waals surface area contributed by atoms with Crippen molar-refractivity contribution in [3.8, 4) is 0 Å². The number of anilines is 1. The number of aryl methyl sites for hydroxylation is 1. The number of rotatable bonds is 6. The molecule has 0 saturated heterocycles. The number of carbonyl (C=O) groups is 1. The minimum atomic E-state index is 0.108. The van der Waals surface area contributed by atoms with Gasteiger partial charge in [0, 0.05) is 12.3 Å². The summed E-state index contributed by atoms with van der Waals surface area (Å²) < 4.78 is 0. The van der Waals surface area contributed by atoms with Crippen LogP contribution in [-0.4, -0.2) is 16.1 Å². The first-order valence-electron chi connectivity index (χ1n) is 5.93. The van der Waals surface area contributed by atoms with Gasteiger partial charge in [-0.1, -0.05) is 31.1 Å². The van der Waals surface area contributed by atoms with Gasteiger partial charge in [-0.3, -0.25) is 4.79 Å². The molecule has 1 saturated carbocycles. The average molecular weight is 239 g/mol. The fourth-order valence-electron chi connectivity index (χ4n) is 1.48. The molecule has 1 aromatic rings. The van der Waals surface area contributed by atoms with Crippen molar-refractivity contribution >= 4 is 22.4 Å². The SMILES string of the molecule is CCCCCc1nnc(NC(=O)C2CC2)s1. The van der Waals surface area contributed by atoms with E-state index in [-0.39, 0.29) is 11.8 Å². The number of amides is 1. The molecule has 1 amide bonds. The molecule has 88 valence electrons. The van der Waals surface area contributed by atoms with Gasteiger partial charge in [0.2, 0.25) is 11.0 Å². The summed E-state index contributed by atoms with van der Waals surface area (Å²) in [6, 6.07) is 0. The lowest BCUT2D eigenvalue weighted by molar-refractivity contribution is -0.117.